The topological polar surface area (TPSA) is 9.23 Å². The summed E-state index contributed by atoms with van der Waals surface area (Å²) < 4.78 is 5.76. The Morgan fingerprint density at radius 2 is 2.07 bits per heavy atom. The molecule has 1 aromatic rings. The SMILES string of the molecule is CC1(CCc2ccccc2)CCCO1. The van der Waals surface area contributed by atoms with Gasteiger partial charge in [0.15, 0.2) is 0 Å². The van der Waals surface area contributed by atoms with Crippen LogP contribution in [0.2, 0.25) is 0 Å². The van der Waals surface area contributed by atoms with E-state index in [1.807, 2.05) is 0 Å². The molecule has 0 spiro atoms. The zero-order chi connectivity index (χ0) is 9.86. The second kappa shape index (κ2) is 4.14. The summed E-state index contributed by atoms with van der Waals surface area (Å²) in [5.41, 5.74) is 1.57. The second-order valence-electron chi connectivity index (χ2n) is 4.39. The summed E-state index contributed by atoms with van der Waals surface area (Å²) in [7, 11) is 0. The molecular weight excluding hydrogens is 172 g/mol. The van der Waals surface area contributed by atoms with Crippen molar-refractivity contribution >= 4 is 0 Å². The van der Waals surface area contributed by atoms with E-state index in [0.717, 1.165) is 19.4 Å². The normalized spacial score (nSPS) is 26.6. The Morgan fingerprint density at radius 1 is 1.29 bits per heavy atom. The van der Waals surface area contributed by atoms with E-state index >= 15 is 0 Å². The molecule has 1 aliphatic rings. The Kier molecular flexibility index (Phi) is 2.87. The van der Waals surface area contributed by atoms with Crippen LogP contribution < -0.4 is 0 Å². The maximum absolute atomic E-state index is 5.76. The molecule has 0 N–H and O–H groups in total. The first kappa shape index (κ1) is 9.72. The fourth-order valence-electron chi connectivity index (χ4n) is 2.09. The van der Waals surface area contributed by atoms with Crippen LogP contribution in [0.15, 0.2) is 30.3 Å². The Morgan fingerprint density at radius 3 is 2.71 bits per heavy atom. The predicted molar refractivity (Wildman–Crippen MR) is 58.4 cm³/mol. The lowest BCUT2D eigenvalue weighted by Crippen LogP contribution is -2.23. The zero-order valence-corrected chi connectivity index (χ0v) is 8.83. The highest BCUT2D eigenvalue weighted by molar-refractivity contribution is 5.15. The van der Waals surface area contributed by atoms with E-state index in [2.05, 4.69) is 37.3 Å². The molecule has 1 aromatic carbocycles. The molecule has 1 atom stereocenters. The summed E-state index contributed by atoms with van der Waals surface area (Å²) >= 11 is 0. The standard InChI is InChI=1S/C13H18O/c1-13(9-5-11-14-13)10-8-12-6-3-2-4-7-12/h2-4,6-7H,5,8-11H2,1H3. The number of hydrogen-bond donors (Lipinski definition) is 0. The van der Waals surface area contributed by atoms with Crippen LogP contribution in [0.4, 0.5) is 0 Å². The number of hydrogen-bond acceptors (Lipinski definition) is 1. The smallest absolute Gasteiger partial charge is 0.0658 e. The molecule has 0 aliphatic carbocycles. The molecule has 14 heavy (non-hydrogen) atoms. The van der Waals surface area contributed by atoms with Crippen LogP contribution in [0.25, 0.3) is 0 Å². The number of aryl methyl sites for hydroxylation is 1. The molecule has 0 radical (unpaired) electrons. The number of rotatable bonds is 3. The zero-order valence-electron chi connectivity index (χ0n) is 8.83. The molecule has 76 valence electrons. The lowest BCUT2D eigenvalue weighted by Gasteiger charge is -2.22. The highest BCUT2D eigenvalue weighted by atomic mass is 16.5. The predicted octanol–water partition coefficient (Wildman–Crippen LogP) is 3.19. The molecule has 1 saturated heterocycles. The van der Waals surface area contributed by atoms with Crippen molar-refractivity contribution < 1.29 is 4.74 Å². The maximum atomic E-state index is 5.76. The molecular formula is C13H18O. The van der Waals surface area contributed by atoms with Crippen LogP contribution in [0.5, 0.6) is 0 Å². The average Bonchev–Trinajstić information content (AvgIpc) is 2.65. The molecule has 1 nitrogen and oxygen atoms in total. The summed E-state index contributed by atoms with van der Waals surface area (Å²) in [5.74, 6) is 0. The first-order chi connectivity index (χ1) is 6.79. The molecule has 0 aromatic heterocycles. The minimum absolute atomic E-state index is 0.149. The molecule has 0 saturated carbocycles. The van der Waals surface area contributed by atoms with E-state index in [1.54, 1.807) is 0 Å². The highest BCUT2D eigenvalue weighted by Gasteiger charge is 2.28. The van der Waals surface area contributed by atoms with Crippen molar-refractivity contribution in [3.63, 3.8) is 0 Å². The molecule has 1 unspecified atom stereocenters. The molecule has 0 bridgehead atoms. The first-order valence-electron chi connectivity index (χ1n) is 5.46. The van der Waals surface area contributed by atoms with E-state index < -0.39 is 0 Å². The van der Waals surface area contributed by atoms with E-state index in [9.17, 15) is 0 Å². The van der Waals surface area contributed by atoms with E-state index in [4.69, 9.17) is 4.74 Å². The Hall–Kier alpha value is -0.820. The van der Waals surface area contributed by atoms with Crippen LogP contribution in [0.1, 0.15) is 31.7 Å². The van der Waals surface area contributed by atoms with Crippen LogP contribution in [0.3, 0.4) is 0 Å². The van der Waals surface area contributed by atoms with Crippen molar-refractivity contribution in [3.8, 4) is 0 Å². The number of benzene rings is 1. The fraction of sp³-hybridized carbons (Fsp3) is 0.538. The first-order valence-corrected chi connectivity index (χ1v) is 5.46. The summed E-state index contributed by atoms with van der Waals surface area (Å²) in [6.45, 7) is 3.19. The van der Waals surface area contributed by atoms with Gasteiger partial charge in [-0.1, -0.05) is 30.3 Å². The molecule has 1 heteroatoms. The van der Waals surface area contributed by atoms with Crippen molar-refractivity contribution in [2.75, 3.05) is 6.61 Å². The minimum Gasteiger partial charge on any atom is -0.375 e. The quantitative estimate of drug-likeness (QED) is 0.711. The molecule has 1 aliphatic heterocycles. The molecule has 1 fully saturated rings. The van der Waals surface area contributed by atoms with Gasteiger partial charge in [0.1, 0.15) is 0 Å². The summed E-state index contributed by atoms with van der Waals surface area (Å²) in [4.78, 5) is 0. The summed E-state index contributed by atoms with van der Waals surface area (Å²) in [5, 5.41) is 0. The van der Waals surface area contributed by atoms with Crippen LogP contribution in [0, 0.1) is 0 Å². The van der Waals surface area contributed by atoms with Crippen molar-refractivity contribution in [1.29, 1.82) is 0 Å². The lowest BCUT2D eigenvalue weighted by atomic mass is 9.94. The third-order valence-electron chi connectivity index (χ3n) is 3.09. The largest absolute Gasteiger partial charge is 0.375 e. The minimum atomic E-state index is 0.149. The summed E-state index contributed by atoms with van der Waals surface area (Å²) in [6.07, 6.45) is 4.74. The third kappa shape index (κ3) is 2.36. The third-order valence-corrected chi connectivity index (χ3v) is 3.09. The monoisotopic (exact) mass is 190 g/mol. The molecule has 2 rings (SSSR count). The van der Waals surface area contributed by atoms with Crippen LogP contribution in [-0.4, -0.2) is 12.2 Å². The number of ether oxygens (including phenoxy) is 1. The highest BCUT2D eigenvalue weighted by Crippen LogP contribution is 2.29. The summed E-state index contributed by atoms with van der Waals surface area (Å²) in [6, 6.07) is 10.7. The maximum Gasteiger partial charge on any atom is 0.0658 e. The van der Waals surface area contributed by atoms with Crippen molar-refractivity contribution in [1.82, 2.24) is 0 Å². The van der Waals surface area contributed by atoms with Gasteiger partial charge in [-0.05, 0) is 38.2 Å². The molecule has 1 heterocycles. The van der Waals surface area contributed by atoms with Crippen molar-refractivity contribution in [2.45, 2.75) is 38.2 Å². The molecule has 0 amide bonds. The Balaban J connectivity index is 1.88. The van der Waals surface area contributed by atoms with E-state index in [1.165, 1.54) is 18.4 Å². The Bertz CT molecular complexity index is 273. The van der Waals surface area contributed by atoms with Crippen molar-refractivity contribution in [3.05, 3.63) is 35.9 Å². The van der Waals surface area contributed by atoms with Gasteiger partial charge in [0.05, 0.1) is 5.60 Å². The van der Waals surface area contributed by atoms with Gasteiger partial charge in [-0.2, -0.15) is 0 Å². The van der Waals surface area contributed by atoms with Gasteiger partial charge >= 0.3 is 0 Å². The second-order valence-corrected chi connectivity index (χ2v) is 4.39. The van der Waals surface area contributed by atoms with Gasteiger partial charge in [-0.15, -0.1) is 0 Å². The van der Waals surface area contributed by atoms with Gasteiger partial charge in [0.25, 0.3) is 0 Å². The van der Waals surface area contributed by atoms with Gasteiger partial charge in [-0.25, -0.2) is 0 Å². The van der Waals surface area contributed by atoms with Crippen molar-refractivity contribution in [2.24, 2.45) is 0 Å². The van der Waals surface area contributed by atoms with Gasteiger partial charge in [-0.3, -0.25) is 0 Å². The van der Waals surface area contributed by atoms with E-state index in [-0.39, 0.29) is 5.60 Å². The Labute approximate surface area is 86.1 Å². The average molecular weight is 190 g/mol. The van der Waals surface area contributed by atoms with Gasteiger partial charge < -0.3 is 4.74 Å². The fourth-order valence-corrected chi connectivity index (χ4v) is 2.09. The van der Waals surface area contributed by atoms with Crippen LogP contribution >= 0.6 is 0 Å². The van der Waals surface area contributed by atoms with Gasteiger partial charge in [0, 0.05) is 6.61 Å². The van der Waals surface area contributed by atoms with Gasteiger partial charge in [0.2, 0.25) is 0 Å². The van der Waals surface area contributed by atoms with Crippen LogP contribution in [-0.2, 0) is 11.2 Å². The lowest BCUT2D eigenvalue weighted by molar-refractivity contribution is 0.0136. The van der Waals surface area contributed by atoms with E-state index in [0.29, 0.717) is 0 Å².